The second kappa shape index (κ2) is 9.65. The topological polar surface area (TPSA) is 18.5 Å². The van der Waals surface area contributed by atoms with E-state index in [9.17, 15) is 17.6 Å². The molecule has 0 heterocycles. The third-order valence-corrected chi connectivity index (χ3v) is 2.14. The van der Waals surface area contributed by atoms with E-state index >= 15 is 0 Å². The molecule has 0 aromatic rings. The van der Waals surface area contributed by atoms with E-state index in [-0.39, 0.29) is 19.3 Å². The van der Waals surface area contributed by atoms with Gasteiger partial charge in [-0.25, -0.2) is 4.39 Å². The lowest BCUT2D eigenvalue weighted by Crippen LogP contribution is -2.16. The monoisotopic (exact) mass is 259 g/mol. The molecule has 0 fully saturated rings. The average molecular weight is 259 g/mol. The lowest BCUT2D eigenvalue weighted by atomic mass is 10.1. The minimum Gasteiger partial charge on any atom is -0.376 e. The predicted octanol–water partition coefficient (Wildman–Crippen LogP) is 3.66. The van der Waals surface area contributed by atoms with Crippen LogP contribution in [-0.2, 0) is 9.47 Å². The zero-order valence-corrected chi connectivity index (χ0v) is 9.77. The van der Waals surface area contributed by atoms with Crippen LogP contribution in [0.15, 0.2) is 0 Å². The lowest BCUT2D eigenvalue weighted by Gasteiger charge is -2.16. The van der Waals surface area contributed by atoms with Gasteiger partial charge < -0.3 is 4.74 Å². The van der Waals surface area contributed by atoms with Crippen LogP contribution in [0.25, 0.3) is 0 Å². The molecule has 0 aliphatic carbocycles. The number of hydrogen-bond donors (Lipinski definition) is 0. The first-order chi connectivity index (χ1) is 7.99. The number of ether oxygens (including phenoxy) is 2. The van der Waals surface area contributed by atoms with Crippen LogP contribution >= 0.6 is 0 Å². The molecule has 17 heavy (non-hydrogen) atoms. The molecule has 103 valence electrons. The van der Waals surface area contributed by atoms with Crippen molar-refractivity contribution < 1.29 is 27.0 Å². The van der Waals surface area contributed by atoms with Crippen LogP contribution in [-0.4, -0.2) is 32.4 Å². The zero-order chi connectivity index (χ0) is 13.1. The quantitative estimate of drug-likeness (QED) is 0.440. The zero-order valence-electron chi connectivity index (χ0n) is 9.77. The van der Waals surface area contributed by atoms with E-state index in [1.807, 2.05) is 0 Å². The van der Waals surface area contributed by atoms with Crippen LogP contribution in [0.4, 0.5) is 17.6 Å². The van der Waals surface area contributed by atoms with Gasteiger partial charge in [-0.1, -0.05) is 13.3 Å². The van der Waals surface area contributed by atoms with Gasteiger partial charge in [-0.15, -0.1) is 13.2 Å². The number of alkyl halides is 4. The van der Waals surface area contributed by atoms with Gasteiger partial charge in [0, 0.05) is 0 Å². The van der Waals surface area contributed by atoms with Gasteiger partial charge in [0.1, 0.15) is 6.67 Å². The highest BCUT2D eigenvalue weighted by Gasteiger charge is 2.28. The normalized spacial score (nSPS) is 13.9. The molecule has 0 aromatic heterocycles. The Kier molecular flexibility index (Phi) is 9.44. The summed E-state index contributed by atoms with van der Waals surface area (Å²) >= 11 is 0. The second-order valence-corrected chi connectivity index (χ2v) is 3.61. The fraction of sp³-hybridized carbons (Fsp3) is 0.909. The van der Waals surface area contributed by atoms with Crippen molar-refractivity contribution in [1.82, 2.24) is 0 Å². The van der Waals surface area contributed by atoms with Crippen molar-refractivity contribution in [3.63, 3.8) is 0 Å². The van der Waals surface area contributed by atoms with E-state index in [0.717, 1.165) is 0 Å². The minimum absolute atomic E-state index is 0.0315. The van der Waals surface area contributed by atoms with Crippen molar-refractivity contribution in [2.24, 2.45) is 0 Å². The molecule has 0 spiro atoms. The summed E-state index contributed by atoms with van der Waals surface area (Å²) in [7, 11) is 0. The van der Waals surface area contributed by atoms with Crippen LogP contribution in [0.1, 0.15) is 32.1 Å². The van der Waals surface area contributed by atoms with Gasteiger partial charge in [-0.3, -0.25) is 4.74 Å². The van der Waals surface area contributed by atoms with E-state index in [2.05, 4.69) is 11.7 Å². The Hall–Kier alpha value is -0.360. The summed E-state index contributed by atoms with van der Waals surface area (Å²) in [4.78, 5) is 0. The summed E-state index contributed by atoms with van der Waals surface area (Å²) in [6.45, 7) is 2.80. The largest absolute Gasteiger partial charge is 0.522 e. The number of halogens is 4. The molecule has 0 rings (SSSR count). The van der Waals surface area contributed by atoms with Crippen molar-refractivity contribution in [2.75, 3.05) is 19.9 Å². The molecule has 0 bridgehead atoms. The molecule has 0 amide bonds. The van der Waals surface area contributed by atoms with Gasteiger partial charge in [0.15, 0.2) is 0 Å². The first kappa shape index (κ1) is 16.6. The average Bonchev–Trinajstić information content (AvgIpc) is 2.23. The Morgan fingerprint density at radius 1 is 1.06 bits per heavy atom. The SMILES string of the molecule is [CH2]CCC(CCCCOC(F)(F)F)OCCF. The van der Waals surface area contributed by atoms with Gasteiger partial charge in [0.2, 0.25) is 0 Å². The Morgan fingerprint density at radius 2 is 1.76 bits per heavy atom. The van der Waals surface area contributed by atoms with Gasteiger partial charge in [-0.2, -0.15) is 0 Å². The molecule has 1 unspecified atom stereocenters. The van der Waals surface area contributed by atoms with Crippen LogP contribution in [0.5, 0.6) is 0 Å². The number of rotatable bonds is 10. The maximum absolute atomic E-state index is 11.9. The molecule has 0 aromatic carbocycles. The molecule has 6 heteroatoms. The number of unbranched alkanes of at least 4 members (excludes halogenated alkanes) is 1. The van der Waals surface area contributed by atoms with E-state index in [4.69, 9.17) is 4.74 Å². The Balaban J connectivity index is 3.53. The summed E-state index contributed by atoms with van der Waals surface area (Å²) in [5, 5.41) is 0. The Labute approximate surface area is 99.3 Å². The smallest absolute Gasteiger partial charge is 0.376 e. The van der Waals surface area contributed by atoms with E-state index in [0.29, 0.717) is 32.1 Å². The van der Waals surface area contributed by atoms with Crippen LogP contribution in [0, 0.1) is 6.92 Å². The lowest BCUT2D eigenvalue weighted by molar-refractivity contribution is -0.324. The first-order valence-corrected chi connectivity index (χ1v) is 5.67. The fourth-order valence-electron chi connectivity index (χ4n) is 1.41. The minimum atomic E-state index is -4.56. The summed E-state index contributed by atoms with van der Waals surface area (Å²) < 4.78 is 55.6. The molecular formula is C11H19F4O2. The summed E-state index contributed by atoms with van der Waals surface area (Å²) in [6, 6.07) is 0. The van der Waals surface area contributed by atoms with Gasteiger partial charge in [0.05, 0.1) is 19.3 Å². The molecule has 0 aliphatic heterocycles. The number of hydrogen-bond acceptors (Lipinski definition) is 2. The highest BCUT2D eigenvalue weighted by atomic mass is 19.4. The van der Waals surface area contributed by atoms with Gasteiger partial charge in [0.25, 0.3) is 0 Å². The Morgan fingerprint density at radius 3 is 2.29 bits per heavy atom. The summed E-state index contributed by atoms with van der Waals surface area (Å²) in [6.07, 6.45) is -1.84. The van der Waals surface area contributed by atoms with E-state index in [1.165, 1.54) is 0 Å². The molecule has 1 radical (unpaired) electrons. The van der Waals surface area contributed by atoms with Crippen molar-refractivity contribution in [2.45, 2.75) is 44.6 Å². The molecular weight excluding hydrogens is 240 g/mol. The summed E-state index contributed by atoms with van der Waals surface area (Å²) in [5.41, 5.74) is 0. The third kappa shape index (κ3) is 11.9. The standard InChI is InChI=1S/C11H19F4O2/c1-2-5-10(16-9-7-12)6-3-4-8-17-11(13,14)15/h10H,1-9H2. The highest BCUT2D eigenvalue weighted by molar-refractivity contribution is 4.60. The van der Waals surface area contributed by atoms with Crippen molar-refractivity contribution in [1.29, 1.82) is 0 Å². The van der Waals surface area contributed by atoms with E-state index in [1.54, 1.807) is 0 Å². The van der Waals surface area contributed by atoms with Crippen LogP contribution < -0.4 is 0 Å². The second-order valence-electron chi connectivity index (χ2n) is 3.61. The highest BCUT2D eigenvalue weighted by Crippen LogP contribution is 2.17. The van der Waals surface area contributed by atoms with Crippen LogP contribution in [0.3, 0.4) is 0 Å². The molecule has 1 atom stereocenters. The first-order valence-electron chi connectivity index (χ1n) is 5.67. The van der Waals surface area contributed by atoms with Crippen LogP contribution in [0.2, 0.25) is 0 Å². The molecule has 0 N–H and O–H groups in total. The predicted molar refractivity (Wildman–Crippen MR) is 56.2 cm³/mol. The van der Waals surface area contributed by atoms with E-state index < -0.39 is 13.0 Å². The van der Waals surface area contributed by atoms with Crippen molar-refractivity contribution in [3.05, 3.63) is 6.92 Å². The maximum atomic E-state index is 11.9. The van der Waals surface area contributed by atoms with Crippen molar-refractivity contribution in [3.8, 4) is 0 Å². The third-order valence-electron chi connectivity index (χ3n) is 2.14. The van der Waals surface area contributed by atoms with Gasteiger partial charge in [-0.05, 0) is 25.7 Å². The van der Waals surface area contributed by atoms with Crippen molar-refractivity contribution >= 4 is 0 Å². The van der Waals surface area contributed by atoms with Gasteiger partial charge >= 0.3 is 6.36 Å². The maximum Gasteiger partial charge on any atom is 0.522 e. The molecule has 0 aliphatic rings. The Bertz CT molecular complexity index is 173. The molecule has 0 saturated carbocycles. The molecule has 0 saturated heterocycles. The summed E-state index contributed by atoms with van der Waals surface area (Å²) in [5.74, 6) is 0. The molecule has 2 nitrogen and oxygen atoms in total. The fourth-order valence-corrected chi connectivity index (χ4v) is 1.41.